The summed E-state index contributed by atoms with van der Waals surface area (Å²) in [5, 5.41) is 0. The van der Waals surface area contributed by atoms with Crippen LogP contribution in [0, 0.1) is 6.92 Å². The molecular weight excluding hydrogens is 277 g/mol. The summed E-state index contributed by atoms with van der Waals surface area (Å²) in [7, 11) is 2.87. The minimum absolute atomic E-state index is 0.0730. The van der Waals surface area contributed by atoms with Crippen molar-refractivity contribution in [3.63, 3.8) is 0 Å². The molecule has 0 aliphatic heterocycles. The first kappa shape index (κ1) is 14.4. The minimum atomic E-state index is -3.88. The van der Waals surface area contributed by atoms with Crippen LogP contribution in [0.15, 0.2) is 41.4 Å². The summed E-state index contributed by atoms with van der Waals surface area (Å²) in [5.74, 6) is -0.766. The van der Waals surface area contributed by atoms with Gasteiger partial charge >= 0.3 is 5.97 Å². The highest BCUT2D eigenvalue weighted by atomic mass is 32.2. The first-order valence-corrected chi connectivity index (χ1v) is 7.18. The van der Waals surface area contributed by atoms with E-state index in [1.54, 1.807) is 12.1 Å². The molecule has 0 aliphatic rings. The highest BCUT2D eigenvalue weighted by molar-refractivity contribution is 7.90. The van der Waals surface area contributed by atoms with E-state index in [0.717, 1.165) is 9.54 Å². The Kier molecular flexibility index (Phi) is 3.72. The Labute approximate surface area is 118 Å². The molecule has 0 saturated heterocycles. The van der Waals surface area contributed by atoms with Gasteiger partial charge in [-0.1, -0.05) is 23.2 Å². The molecule has 1 heterocycles. The molecule has 2 aromatic rings. The first-order valence-electron chi connectivity index (χ1n) is 5.74. The highest BCUT2D eigenvalue weighted by Crippen LogP contribution is 2.17. The number of nitrogens with zero attached hydrogens (tertiary/aromatic N) is 1. The summed E-state index contributed by atoms with van der Waals surface area (Å²) in [4.78, 5) is 11.7. The number of aryl methyl sites for hydroxylation is 1. The first-order chi connectivity index (χ1) is 9.36. The van der Waals surface area contributed by atoms with Crippen LogP contribution in [0.5, 0.6) is 0 Å². The van der Waals surface area contributed by atoms with Crippen LogP contribution in [0.25, 0.3) is 0 Å². The van der Waals surface area contributed by atoms with E-state index in [1.165, 1.54) is 31.5 Å². The number of ether oxygens (including phenoxy) is 1. The molecule has 0 spiro atoms. The monoisotopic (exact) mass is 289 g/mol. The van der Waals surface area contributed by atoms with Crippen LogP contribution in [0.2, 0.25) is 0 Å². The Hall–Kier alpha value is -2.02. The maximum absolute atomic E-state index is 12.5. The largest absolute Gasteiger partial charge is 0.464 e. The predicted molar refractivity (Wildman–Crippen MR) is 74.9 cm³/mol. The zero-order chi connectivity index (χ0) is 14.9. The summed E-state index contributed by atoms with van der Waals surface area (Å²) in [6.07, 6.45) is 1.18. The van der Waals surface area contributed by atoms with E-state index in [1.807, 2.05) is 6.92 Å². The third-order valence-electron chi connectivity index (χ3n) is 2.78. The van der Waals surface area contributed by atoms with E-state index < -0.39 is 16.0 Å². The van der Waals surface area contributed by atoms with Crippen molar-refractivity contribution >= 4 is 29.3 Å². The molecule has 7 heteroatoms. The van der Waals surface area contributed by atoms with E-state index >= 15 is 0 Å². The zero-order valence-corrected chi connectivity index (χ0v) is 11.8. The summed E-state index contributed by atoms with van der Waals surface area (Å²) >= 11 is 0. The van der Waals surface area contributed by atoms with E-state index in [2.05, 4.69) is 4.74 Å². The zero-order valence-electron chi connectivity index (χ0n) is 11.0. The topological polar surface area (TPSA) is 65.4 Å². The molecule has 2 radical (unpaired) electrons. The molecule has 1 aromatic carbocycles. The molecule has 0 N–H and O–H groups in total. The maximum atomic E-state index is 12.5. The normalized spacial score (nSPS) is 11.3. The van der Waals surface area contributed by atoms with Gasteiger partial charge in [-0.25, -0.2) is 17.2 Å². The number of rotatable bonds is 3. The standard InChI is InChI=1S/C13H12BNO4S/c1-9-3-5-11(6-4-9)20(17,18)15-8-10(14)7-12(15)13(16)19-2/h3-8H,1-2H3. The van der Waals surface area contributed by atoms with Crippen LogP contribution in [0.3, 0.4) is 0 Å². The van der Waals surface area contributed by atoms with Gasteiger partial charge in [-0.2, -0.15) is 0 Å². The Morgan fingerprint density at radius 1 is 1.25 bits per heavy atom. The Morgan fingerprint density at radius 3 is 2.40 bits per heavy atom. The molecule has 2 rings (SSSR count). The minimum Gasteiger partial charge on any atom is -0.464 e. The Bertz CT molecular complexity index is 747. The molecule has 0 atom stereocenters. The van der Waals surface area contributed by atoms with Gasteiger partial charge in [-0.3, -0.25) is 0 Å². The second-order valence-electron chi connectivity index (χ2n) is 4.26. The van der Waals surface area contributed by atoms with Crippen molar-refractivity contribution in [1.82, 2.24) is 3.97 Å². The molecule has 0 unspecified atom stereocenters. The van der Waals surface area contributed by atoms with E-state index in [0.29, 0.717) is 0 Å². The highest BCUT2D eigenvalue weighted by Gasteiger charge is 2.23. The van der Waals surface area contributed by atoms with Crippen molar-refractivity contribution in [2.24, 2.45) is 0 Å². The molecular formula is C13H12BNO4S. The van der Waals surface area contributed by atoms with Crippen LogP contribution in [-0.2, 0) is 14.8 Å². The van der Waals surface area contributed by atoms with Gasteiger partial charge in [0.1, 0.15) is 13.5 Å². The van der Waals surface area contributed by atoms with Crippen molar-refractivity contribution in [3.05, 3.63) is 47.8 Å². The van der Waals surface area contributed by atoms with E-state index in [-0.39, 0.29) is 16.1 Å². The third-order valence-corrected chi connectivity index (χ3v) is 4.47. The van der Waals surface area contributed by atoms with Crippen LogP contribution in [-0.4, -0.2) is 33.3 Å². The van der Waals surface area contributed by atoms with E-state index in [9.17, 15) is 13.2 Å². The number of methoxy groups -OCH3 is 1. The molecule has 0 aliphatic carbocycles. The molecule has 5 nitrogen and oxygen atoms in total. The number of carbonyl (C=O) groups is 1. The van der Waals surface area contributed by atoms with Gasteiger partial charge in [0, 0.05) is 6.20 Å². The van der Waals surface area contributed by atoms with Gasteiger partial charge in [0.15, 0.2) is 0 Å². The average Bonchev–Trinajstić information content (AvgIpc) is 2.81. The van der Waals surface area contributed by atoms with Gasteiger partial charge in [-0.05, 0) is 25.1 Å². The quantitative estimate of drug-likeness (QED) is 0.613. The second-order valence-corrected chi connectivity index (χ2v) is 6.08. The summed E-state index contributed by atoms with van der Waals surface area (Å²) < 4.78 is 30.4. The maximum Gasteiger partial charge on any atom is 0.355 e. The Balaban J connectivity index is 2.60. The third kappa shape index (κ3) is 2.49. The average molecular weight is 289 g/mol. The van der Waals surface area contributed by atoms with Gasteiger partial charge in [0.25, 0.3) is 10.0 Å². The molecule has 0 fully saturated rings. The molecule has 0 saturated carbocycles. The lowest BCUT2D eigenvalue weighted by Crippen LogP contribution is -2.18. The SMILES string of the molecule is [B]c1cc(C(=O)OC)n(S(=O)(=O)c2ccc(C)cc2)c1. The predicted octanol–water partition coefficient (Wildman–Crippen LogP) is 0.614. The van der Waals surface area contributed by atoms with Crippen molar-refractivity contribution in [2.45, 2.75) is 11.8 Å². The molecule has 20 heavy (non-hydrogen) atoms. The fourth-order valence-electron chi connectivity index (χ4n) is 1.74. The summed E-state index contributed by atoms with van der Waals surface area (Å²) in [6, 6.07) is 7.57. The lowest BCUT2D eigenvalue weighted by atomic mass is 10.0. The van der Waals surface area contributed by atoms with Crippen molar-refractivity contribution in [2.75, 3.05) is 7.11 Å². The number of esters is 1. The van der Waals surface area contributed by atoms with Crippen LogP contribution < -0.4 is 5.46 Å². The van der Waals surface area contributed by atoms with Gasteiger partial charge in [-0.15, -0.1) is 0 Å². The fraction of sp³-hybridized carbons (Fsp3) is 0.154. The molecule has 0 bridgehead atoms. The number of hydrogen-bond donors (Lipinski definition) is 0. The number of carbonyl (C=O) groups excluding carboxylic acids is 1. The number of benzene rings is 1. The second kappa shape index (κ2) is 5.17. The molecule has 0 amide bonds. The fourth-order valence-corrected chi connectivity index (χ4v) is 3.09. The Morgan fingerprint density at radius 2 is 1.85 bits per heavy atom. The van der Waals surface area contributed by atoms with Gasteiger partial charge in [0.2, 0.25) is 0 Å². The lowest BCUT2D eigenvalue weighted by Gasteiger charge is -2.09. The van der Waals surface area contributed by atoms with Crippen molar-refractivity contribution in [3.8, 4) is 0 Å². The summed E-state index contributed by atoms with van der Waals surface area (Å²) in [5.41, 5.74) is 0.968. The lowest BCUT2D eigenvalue weighted by molar-refractivity contribution is 0.0593. The van der Waals surface area contributed by atoms with Crippen LogP contribution >= 0.6 is 0 Å². The van der Waals surface area contributed by atoms with Crippen LogP contribution in [0.1, 0.15) is 16.1 Å². The summed E-state index contributed by atoms with van der Waals surface area (Å²) in [6.45, 7) is 1.85. The molecule has 102 valence electrons. The van der Waals surface area contributed by atoms with Gasteiger partial charge in [0.05, 0.1) is 12.0 Å². The molecule has 1 aromatic heterocycles. The van der Waals surface area contributed by atoms with Crippen molar-refractivity contribution < 1.29 is 17.9 Å². The van der Waals surface area contributed by atoms with E-state index in [4.69, 9.17) is 7.85 Å². The van der Waals surface area contributed by atoms with Crippen LogP contribution in [0.4, 0.5) is 0 Å². The van der Waals surface area contributed by atoms with Crippen molar-refractivity contribution in [1.29, 1.82) is 0 Å². The number of aromatic nitrogens is 1. The number of hydrogen-bond acceptors (Lipinski definition) is 4. The smallest absolute Gasteiger partial charge is 0.355 e. The van der Waals surface area contributed by atoms with Gasteiger partial charge < -0.3 is 4.74 Å².